The first kappa shape index (κ1) is 25.3. The van der Waals surface area contributed by atoms with Crippen molar-refractivity contribution in [2.24, 2.45) is 4.99 Å². The third-order valence-electron chi connectivity index (χ3n) is 5.48. The zero-order valence-electron chi connectivity index (χ0n) is 19.9. The van der Waals surface area contributed by atoms with E-state index < -0.39 is 12.0 Å². The Kier molecular flexibility index (Phi) is 7.63. The van der Waals surface area contributed by atoms with E-state index >= 15 is 0 Å². The molecule has 0 unspecified atom stereocenters. The fourth-order valence-electron chi connectivity index (χ4n) is 3.97. The second-order valence-electron chi connectivity index (χ2n) is 7.74. The van der Waals surface area contributed by atoms with Gasteiger partial charge in [-0.25, -0.2) is 9.79 Å². The van der Waals surface area contributed by atoms with Gasteiger partial charge in [0.1, 0.15) is 6.61 Å². The van der Waals surface area contributed by atoms with Crippen molar-refractivity contribution in [2.45, 2.75) is 19.9 Å². The molecule has 0 spiro atoms. The van der Waals surface area contributed by atoms with Crippen molar-refractivity contribution >= 4 is 35.0 Å². The van der Waals surface area contributed by atoms with Crippen LogP contribution in [0.1, 0.15) is 31.0 Å². The smallest absolute Gasteiger partial charge is 0.338 e. The van der Waals surface area contributed by atoms with E-state index in [1.165, 1.54) is 23.0 Å². The molecule has 0 amide bonds. The second kappa shape index (κ2) is 10.9. The number of hydrogen-bond donors (Lipinski definition) is 0. The molecule has 4 rings (SSSR count). The van der Waals surface area contributed by atoms with Crippen LogP contribution in [0.25, 0.3) is 6.08 Å². The Morgan fingerprint density at radius 3 is 2.72 bits per heavy atom. The number of thiazole rings is 1. The number of nitrogens with zero attached hydrogens (tertiary/aromatic N) is 2. The average Bonchev–Trinajstić information content (AvgIpc) is 3.17. The van der Waals surface area contributed by atoms with Crippen LogP contribution in [0.15, 0.2) is 63.5 Å². The monoisotopic (exact) mass is 522 g/mol. The van der Waals surface area contributed by atoms with E-state index in [2.05, 4.69) is 10.9 Å². The number of methoxy groups -OCH3 is 1. The van der Waals surface area contributed by atoms with Crippen molar-refractivity contribution in [1.82, 2.24) is 4.57 Å². The molecule has 1 atom stereocenters. The lowest BCUT2D eigenvalue weighted by molar-refractivity contribution is -0.139. The lowest BCUT2D eigenvalue weighted by atomic mass is 9.96. The molecule has 1 aromatic heterocycles. The number of carbonyl (C=O) groups excluding carboxylic acids is 1. The van der Waals surface area contributed by atoms with Crippen LogP contribution in [0.5, 0.6) is 11.5 Å². The van der Waals surface area contributed by atoms with Gasteiger partial charge in [0.25, 0.3) is 5.56 Å². The Labute approximate surface area is 216 Å². The summed E-state index contributed by atoms with van der Waals surface area (Å²) in [7, 11) is 1.49. The fraction of sp³-hybridized carbons (Fsp3) is 0.222. The summed E-state index contributed by atoms with van der Waals surface area (Å²) in [5.74, 6) is 2.61. The van der Waals surface area contributed by atoms with Gasteiger partial charge in [-0.05, 0) is 43.2 Å². The van der Waals surface area contributed by atoms with Crippen molar-refractivity contribution in [2.75, 3.05) is 20.3 Å². The standard InChI is InChI=1S/C27H23ClN2O5S/c1-5-12-35-24-19(28)13-17(14-20(24)33-4)15-21-25(31)30-23(18-10-8-7-9-11-18)22(26(32)34-6-2)16(3)29-27(30)36-21/h1,7-11,13-15,23H,6,12H2,2-4H3/b21-15-/t23-/m1/s1. The number of esters is 1. The van der Waals surface area contributed by atoms with Gasteiger partial charge in [0.2, 0.25) is 0 Å². The molecule has 0 bridgehead atoms. The van der Waals surface area contributed by atoms with E-state index in [9.17, 15) is 9.59 Å². The molecule has 3 aromatic rings. The van der Waals surface area contributed by atoms with Crippen molar-refractivity contribution in [3.63, 3.8) is 0 Å². The first-order chi connectivity index (χ1) is 17.4. The molecule has 36 heavy (non-hydrogen) atoms. The third kappa shape index (κ3) is 4.81. The van der Waals surface area contributed by atoms with Crippen LogP contribution in [0, 0.1) is 12.3 Å². The number of carbonyl (C=O) groups is 1. The van der Waals surface area contributed by atoms with Gasteiger partial charge in [0, 0.05) is 0 Å². The molecule has 0 fully saturated rings. The molecule has 0 saturated carbocycles. The number of benzene rings is 2. The lowest BCUT2D eigenvalue weighted by Crippen LogP contribution is -2.39. The maximum atomic E-state index is 13.7. The Balaban J connectivity index is 1.89. The zero-order valence-corrected chi connectivity index (χ0v) is 21.5. The van der Waals surface area contributed by atoms with Gasteiger partial charge in [-0.3, -0.25) is 9.36 Å². The molecule has 9 heteroatoms. The number of ether oxygens (including phenoxy) is 3. The summed E-state index contributed by atoms with van der Waals surface area (Å²) in [5.41, 5.74) is 1.97. The van der Waals surface area contributed by atoms with Gasteiger partial charge in [0.05, 0.1) is 40.6 Å². The summed E-state index contributed by atoms with van der Waals surface area (Å²) in [5, 5.41) is 0.297. The van der Waals surface area contributed by atoms with E-state index in [1.807, 2.05) is 30.3 Å². The van der Waals surface area contributed by atoms with Crippen LogP contribution in [-0.4, -0.2) is 30.9 Å². The van der Waals surface area contributed by atoms with Crippen LogP contribution in [-0.2, 0) is 9.53 Å². The Morgan fingerprint density at radius 1 is 1.31 bits per heavy atom. The van der Waals surface area contributed by atoms with E-state index in [1.54, 1.807) is 32.1 Å². The molecule has 0 aliphatic carbocycles. The highest BCUT2D eigenvalue weighted by Gasteiger charge is 2.33. The number of aromatic nitrogens is 1. The second-order valence-corrected chi connectivity index (χ2v) is 9.16. The largest absolute Gasteiger partial charge is 0.493 e. The Morgan fingerprint density at radius 2 is 2.06 bits per heavy atom. The number of halogens is 1. The molecule has 2 aromatic carbocycles. The maximum Gasteiger partial charge on any atom is 0.338 e. The first-order valence-corrected chi connectivity index (χ1v) is 12.3. The molecule has 1 aliphatic heterocycles. The molecule has 2 heterocycles. The van der Waals surface area contributed by atoms with Crippen molar-refractivity contribution in [3.8, 4) is 23.8 Å². The minimum absolute atomic E-state index is 0.0374. The summed E-state index contributed by atoms with van der Waals surface area (Å²) in [6, 6.07) is 12.1. The Hall–Kier alpha value is -3.80. The summed E-state index contributed by atoms with van der Waals surface area (Å²) >= 11 is 7.64. The number of allylic oxidation sites excluding steroid dienone is 1. The summed E-state index contributed by atoms with van der Waals surface area (Å²) in [6.07, 6.45) is 6.98. The quantitative estimate of drug-likeness (QED) is 0.351. The molecule has 184 valence electrons. The molecule has 7 nitrogen and oxygen atoms in total. The van der Waals surface area contributed by atoms with Crippen molar-refractivity contribution < 1.29 is 19.0 Å². The van der Waals surface area contributed by atoms with E-state index in [-0.39, 0.29) is 18.8 Å². The van der Waals surface area contributed by atoms with E-state index in [4.69, 9.17) is 32.2 Å². The minimum Gasteiger partial charge on any atom is -0.493 e. The number of hydrogen-bond acceptors (Lipinski definition) is 7. The molecule has 0 N–H and O–H groups in total. The Bertz CT molecular complexity index is 1560. The van der Waals surface area contributed by atoms with Crippen molar-refractivity contribution in [1.29, 1.82) is 0 Å². The third-order valence-corrected chi connectivity index (χ3v) is 6.75. The first-order valence-electron chi connectivity index (χ1n) is 11.1. The average molecular weight is 523 g/mol. The fourth-order valence-corrected chi connectivity index (χ4v) is 5.29. The van der Waals surface area contributed by atoms with Crippen LogP contribution in [0.4, 0.5) is 0 Å². The zero-order chi connectivity index (χ0) is 25.8. The highest BCUT2D eigenvalue weighted by Crippen LogP contribution is 2.36. The molecule has 0 radical (unpaired) electrons. The maximum absolute atomic E-state index is 13.7. The number of terminal acetylenes is 1. The summed E-state index contributed by atoms with van der Waals surface area (Å²) in [6.45, 7) is 3.74. The molecule has 0 saturated heterocycles. The van der Waals surface area contributed by atoms with Gasteiger partial charge >= 0.3 is 5.97 Å². The highest BCUT2D eigenvalue weighted by molar-refractivity contribution is 7.07. The molecule has 1 aliphatic rings. The van der Waals surface area contributed by atoms with Gasteiger partial charge in [-0.15, -0.1) is 6.42 Å². The van der Waals surface area contributed by atoms with Gasteiger partial charge in [0.15, 0.2) is 16.3 Å². The van der Waals surface area contributed by atoms with Gasteiger partial charge in [-0.2, -0.15) is 0 Å². The highest BCUT2D eigenvalue weighted by atomic mass is 35.5. The summed E-state index contributed by atoms with van der Waals surface area (Å²) in [4.78, 5) is 31.7. The predicted molar refractivity (Wildman–Crippen MR) is 139 cm³/mol. The number of rotatable bonds is 7. The van der Waals surface area contributed by atoms with Crippen LogP contribution < -0.4 is 24.4 Å². The normalized spacial score (nSPS) is 15.1. The van der Waals surface area contributed by atoms with Crippen LogP contribution in [0.2, 0.25) is 5.02 Å². The van der Waals surface area contributed by atoms with Crippen LogP contribution in [0.3, 0.4) is 0 Å². The number of fused-ring (bicyclic) bond motifs is 1. The SMILES string of the molecule is C#CCOc1c(Cl)cc(/C=c2\sc3n(c2=O)[C@H](c2ccccc2)C(C(=O)OCC)=C(C)N=3)cc1OC. The summed E-state index contributed by atoms with van der Waals surface area (Å²) < 4.78 is 18.2. The molecular formula is C27H23ClN2O5S. The van der Waals surface area contributed by atoms with Crippen LogP contribution >= 0.6 is 22.9 Å². The van der Waals surface area contributed by atoms with Gasteiger partial charge < -0.3 is 14.2 Å². The lowest BCUT2D eigenvalue weighted by Gasteiger charge is -2.24. The van der Waals surface area contributed by atoms with Gasteiger partial charge in [-0.1, -0.05) is 59.2 Å². The van der Waals surface area contributed by atoms with E-state index in [0.29, 0.717) is 42.7 Å². The minimum atomic E-state index is -0.665. The topological polar surface area (TPSA) is 79.1 Å². The predicted octanol–water partition coefficient (Wildman–Crippen LogP) is 3.47. The molecular weight excluding hydrogens is 500 g/mol. The van der Waals surface area contributed by atoms with E-state index in [0.717, 1.165) is 5.56 Å². The van der Waals surface area contributed by atoms with Crippen molar-refractivity contribution in [3.05, 3.63) is 89.6 Å².